The number of benzene rings is 1. The molecule has 0 radical (unpaired) electrons. The average molecular weight is 269 g/mol. The molecule has 0 heterocycles. The van der Waals surface area contributed by atoms with Crippen LogP contribution >= 0.6 is 11.6 Å². The summed E-state index contributed by atoms with van der Waals surface area (Å²) >= 11 is 6.08. The largest absolute Gasteiger partial charge is 0.497 e. The molecule has 1 atom stereocenters. The Morgan fingerprint density at radius 3 is 2.61 bits per heavy atom. The van der Waals surface area contributed by atoms with Gasteiger partial charge in [0, 0.05) is 5.88 Å². The number of ether oxygens (including phenoxy) is 1. The summed E-state index contributed by atoms with van der Waals surface area (Å²) in [6.07, 6.45) is 4.85. The van der Waals surface area contributed by atoms with Gasteiger partial charge in [0.15, 0.2) is 0 Å². The van der Waals surface area contributed by atoms with Gasteiger partial charge in [-0.1, -0.05) is 38.8 Å². The first-order valence-corrected chi connectivity index (χ1v) is 7.38. The molecule has 1 nitrogen and oxygen atoms in total. The second-order valence-electron chi connectivity index (χ2n) is 5.40. The van der Waals surface area contributed by atoms with Gasteiger partial charge < -0.3 is 4.74 Å². The van der Waals surface area contributed by atoms with Crippen molar-refractivity contribution in [1.29, 1.82) is 0 Å². The molecule has 0 N–H and O–H groups in total. The first-order valence-electron chi connectivity index (χ1n) is 6.84. The minimum absolute atomic E-state index is 0.581. The van der Waals surface area contributed by atoms with E-state index in [2.05, 4.69) is 26.0 Å². The maximum atomic E-state index is 6.08. The second-order valence-corrected chi connectivity index (χ2v) is 5.71. The predicted molar refractivity (Wildman–Crippen MR) is 79.6 cm³/mol. The number of methoxy groups -OCH3 is 1. The molecule has 0 aliphatic rings. The molecule has 18 heavy (non-hydrogen) atoms. The van der Waals surface area contributed by atoms with Gasteiger partial charge in [0.1, 0.15) is 5.75 Å². The Labute approximate surface area is 116 Å². The van der Waals surface area contributed by atoms with E-state index in [0.717, 1.165) is 24.0 Å². The van der Waals surface area contributed by atoms with Crippen LogP contribution in [0.15, 0.2) is 24.3 Å². The van der Waals surface area contributed by atoms with Crippen molar-refractivity contribution in [1.82, 2.24) is 0 Å². The fourth-order valence-corrected chi connectivity index (χ4v) is 2.44. The Balaban J connectivity index is 2.46. The van der Waals surface area contributed by atoms with Crippen LogP contribution < -0.4 is 4.74 Å². The zero-order valence-electron chi connectivity index (χ0n) is 11.8. The van der Waals surface area contributed by atoms with Crippen molar-refractivity contribution in [2.45, 2.75) is 39.5 Å². The minimum atomic E-state index is 0.581. The monoisotopic (exact) mass is 268 g/mol. The second kappa shape index (κ2) is 8.42. The van der Waals surface area contributed by atoms with Crippen LogP contribution in [0.2, 0.25) is 0 Å². The van der Waals surface area contributed by atoms with Crippen molar-refractivity contribution in [3.05, 3.63) is 29.8 Å². The van der Waals surface area contributed by atoms with Crippen LogP contribution in [-0.4, -0.2) is 13.0 Å². The third-order valence-corrected chi connectivity index (χ3v) is 3.71. The quantitative estimate of drug-likeness (QED) is 0.608. The highest BCUT2D eigenvalue weighted by atomic mass is 35.5. The normalized spacial score (nSPS) is 12.7. The van der Waals surface area contributed by atoms with Gasteiger partial charge in [0.05, 0.1) is 7.11 Å². The van der Waals surface area contributed by atoms with Crippen molar-refractivity contribution < 1.29 is 4.74 Å². The highest BCUT2D eigenvalue weighted by Gasteiger charge is 2.09. The highest BCUT2D eigenvalue weighted by molar-refractivity contribution is 6.18. The molecular weight excluding hydrogens is 244 g/mol. The van der Waals surface area contributed by atoms with E-state index in [-0.39, 0.29) is 0 Å². The average Bonchev–Trinajstić information content (AvgIpc) is 2.37. The molecule has 2 heteroatoms. The molecule has 0 aliphatic carbocycles. The van der Waals surface area contributed by atoms with E-state index < -0.39 is 0 Å². The summed E-state index contributed by atoms with van der Waals surface area (Å²) in [5.41, 5.74) is 1.32. The van der Waals surface area contributed by atoms with Crippen LogP contribution in [0.25, 0.3) is 0 Å². The molecule has 1 aromatic carbocycles. The van der Waals surface area contributed by atoms with Crippen LogP contribution in [0, 0.1) is 11.8 Å². The summed E-state index contributed by atoms with van der Waals surface area (Å²) in [6.45, 7) is 4.55. The molecule has 0 aliphatic heterocycles. The maximum absolute atomic E-state index is 6.08. The van der Waals surface area contributed by atoms with E-state index in [9.17, 15) is 0 Å². The summed E-state index contributed by atoms with van der Waals surface area (Å²) in [6, 6.07) is 8.30. The summed E-state index contributed by atoms with van der Waals surface area (Å²) in [7, 11) is 1.71. The number of rotatable bonds is 8. The minimum Gasteiger partial charge on any atom is -0.497 e. The van der Waals surface area contributed by atoms with E-state index in [1.165, 1.54) is 24.8 Å². The van der Waals surface area contributed by atoms with Crippen LogP contribution in [0.5, 0.6) is 5.75 Å². The van der Waals surface area contributed by atoms with E-state index >= 15 is 0 Å². The zero-order chi connectivity index (χ0) is 13.4. The Morgan fingerprint density at radius 1 is 1.22 bits per heavy atom. The third-order valence-electron chi connectivity index (χ3n) is 3.27. The first kappa shape index (κ1) is 15.4. The lowest BCUT2D eigenvalue weighted by atomic mass is 9.94. The molecule has 1 aromatic rings. The fourth-order valence-electron chi connectivity index (χ4n) is 2.18. The lowest BCUT2D eigenvalue weighted by Gasteiger charge is -2.15. The molecule has 0 bridgehead atoms. The summed E-state index contributed by atoms with van der Waals surface area (Å²) < 4.78 is 5.25. The van der Waals surface area contributed by atoms with Crippen LogP contribution in [-0.2, 0) is 6.42 Å². The number of hydrogen-bond acceptors (Lipinski definition) is 1. The molecule has 0 fully saturated rings. The molecule has 0 aromatic heterocycles. The van der Waals surface area contributed by atoms with E-state index in [0.29, 0.717) is 5.92 Å². The summed E-state index contributed by atoms with van der Waals surface area (Å²) in [5, 5.41) is 0. The fraction of sp³-hybridized carbons (Fsp3) is 0.625. The lowest BCUT2D eigenvalue weighted by molar-refractivity contribution is 0.413. The Bertz CT molecular complexity index is 336. The molecule has 0 saturated heterocycles. The summed E-state index contributed by atoms with van der Waals surface area (Å²) in [5.74, 6) is 3.05. The van der Waals surface area contributed by atoms with Crippen molar-refractivity contribution in [3.8, 4) is 5.75 Å². The molecule has 0 saturated carbocycles. The predicted octanol–water partition coefficient (Wildman–Crippen LogP) is 4.92. The Morgan fingerprint density at radius 2 is 2.00 bits per heavy atom. The van der Waals surface area contributed by atoms with Gasteiger partial charge in [-0.3, -0.25) is 0 Å². The van der Waals surface area contributed by atoms with Gasteiger partial charge in [-0.05, 0) is 42.4 Å². The Hall–Kier alpha value is -0.690. The SMILES string of the molecule is COc1cccc(CC(CCl)CCCC(C)C)c1. The highest BCUT2D eigenvalue weighted by Crippen LogP contribution is 2.21. The topological polar surface area (TPSA) is 9.23 Å². The lowest BCUT2D eigenvalue weighted by Crippen LogP contribution is -2.07. The van der Waals surface area contributed by atoms with Crippen LogP contribution in [0.1, 0.15) is 38.7 Å². The molecule has 102 valence electrons. The van der Waals surface area contributed by atoms with E-state index in [1.807, 2.05) is 12.1 Å². The molecule has 0 spiro atoms. The van der Waals surface area contributed by atoms with Crippen molar-refractivity contribution >= 4 is 11.6 Å². The van der Waals surface area contributed by atoms with E-state index in [1.54, 1.807) is 7.11 Å². The van der Waals surface area contributed by atoms with Crippen molar-refractivity contribution in [2.75, 3.05) is 13.0 Å². The van der Waals surface area contributed by atoms with Gasteiger partial charge >= 0.3 is 0 Å². The third kappa shape index (κ3) is 5.77. The Kier molecular flexibility index (Phi) is 7.19. The number of alkyl halides is 1. The first-order chi connectivity index (χ1) is 8.65. The van der Waals surface area contributed by atoms with Gasteiger partial charge in [-0.25, -0.2) is 0 Å². The molecule has 1 unspecified atom stereocenters. The van der Waals surface area contributed by atoms with Crippen molar-refractivity contribution in [2.24, 2.45) is 11.8 Å². The number of hydrogen-bond donors (Lipinski definition) is 0. The van der Waals surface area contributed by atoms with Crippen LogP contribution in [0.3, 0.4) is 0 Å². The number of halogens is 1. The van der Waals surface area contributed by atoms with Gasteiger partial charge in [0.2, 0.25) is 0 Å². The summed E-state index contributed by atoms with van der Waals surface area (Å²) in [4.78, 5) is 0. The smallest absolute Gasteiger partial charge is 0.119 e. The van der Waals surface area contributed by atoms with Gasteiger partial charge in [0.25, 0.3) is 0 Å². The molecular formula is C16H25ClO. The van der Waals surface area contributed by atoms with Crippen LogP contribution in [0.4, 0.5) is 0 Å². The molecule has 1 rings (SSSR count). The van der Waals surface area contributed by atoms with Gasteiger partial charge in [-0.15, -0.1) is 11.6 Å². The molecule has 0 amide bonds. The van der Waals surface area contributed by atoms with Crippen molar-refractivity contribution in [3.63, 3.8) is 0 Å². The van der Waals surface area contributed by atoms with Gasteiger partial charge in [-0.2, -0.15) is 0 Å². The zero-order valence-corrected chi connectivity index (χ0v) is 12.5. The van der Waals surface area contributed by atoms with E-state index in [4.69, 9.17) is 16.3 Å². The standard InChI is InChI=1S/C16H25ClO/c1-13(2)6-4-8-15(12-17)10-14-7-5-9-16(11-14)18-3/h5,7,9,11,13,15H,4,6,8,10,12H2,1-3H3. The maximum Gasteiger partial charge on any atom is 0.119 e.